The van der Waals surface area contributed by atoms with Crippen molar-refractivity contribution < 1.29 is 14.6 Å². The van der Waals surface area contributed by atoms with E-state index < -0.39 is 6.10 Å². The Kier molecular flexibility index (Phi) is 4.63. The normalized spacial score (nSPS) is 21.0. The molecule has 1 unspecified atom stereocenters. The Hall–Kier alpha value is -2.04. The molecule has 26 heavy (non-hydrogen) atoms. The van der Waals surface area contributed by atoms with Crippen LogP contribution < -0.4 is 9.47 Å². The SMILES string of the molecule is COc1cc2cc(C=C[C@H](C)O)c3c(c2cc1OC)CC1CCCN1C3. The second-order valence-electron chi connectivity index (χ2n) is 7.42. The Balaban J connectivity index is 1.93. The minimum absolute atomic E-state index is 0.449. The van der Waals surface area contributed by atoms with Gasteiger partial charge >= 0.3 is 0 Å². The van der Waals surface area contributed by atoms with E-state index in [1.54, 1.807) is 21.1 Å². The third-order valence-corrected chi connectivity index (χ3v) is 5.76. The van der Waals surface area contributed by atoms with Crippen LogP contribution in [0.25, 0.3) is 16.8 Å². The molecule has 4 heteroatoms. The average molecular weight is 353 g/mol. The Morgan fingerprint density at radius 3 is 2.65 bits per heavy atom. The van der Waals surface area contributed by atoms with Crippen molar-refractivity contribution in [3.05, 3.63) is 41.0 Å². The molecule has 4 rings (SSSR count). The largest absolute Gasteiger partial charge is 0.493 e. The fraction of sp³-hybridized carbons (Fsp3) is 0.455. The number of benzene rings is 2. The van der Waals surface area contributed by atoms with Crippen molar-refractivity contribution >= 4 is 16.8 Å². The van der Waals surface area contributed by atoms with E-state index in [0.29, 0.717) is 6.04 Å². The second-order valence-corrected chi connectivity index (χ2v) is 7.42. The van der Waals surface area contributed by atoms with Crippen LogP contribution in [0.3, 0.4) is 0 Å². The third kappa shape index (κ3) is 2.97. The minimum Gasteiger partial charge on any atom is -0.493 e. The summed E-state index contributed by atoms with van der Waals surface area (Å²) >= 11 is 0. The first-order chi connectivity index (χ1) is 12.6. The van der Waals surface area contributed by atoms with Crippen molar-refractivity contribution in [3.8, 4) is 11.5 Å². The van der Waals surface area contributed by atoms with Crippen molar-refractivity contribution in [3.63, 3.8) is 0 Å². The molecule has 0 radical (unpaired) electrons. The molecule has 0 aliphatic carbocycles. The molecule has 4 nitrogen and oxygen atoms in total. The van der Waals surface area contributed by atoms with Gasteiger partial charge in [-0.25, -0.2) is 0 Å². The Morgan fingerprint density at radius 2 is 1.92 bits per heavy atom. The van der Waals surface area contributed by atoms with Crippen molar-refractivity contribution in [2.24, 2.45) is 0 Å². The number of hydrogen-bond donors (Lipinski definition) is 1. The number of rotatable bonds is 4. The maximum Gasteiger partial charge on any atom is 0.161 e. The molecule has 2 aromatic rings. The maximum atomic E-state index is 9.70. The van der Waals surface area contributed by atoms with Gasteiger partial charge in [-0.3, -0.25) is 4.90 Å². The second kappa shape index (κ2) is 6.93. The van der Waals surface area contributed by atoms with Gasteiger partial charge in [0.2, 0.25) is 0 Å². The predicted molar refractivity (Wildman–Crippen MR) is 105 cm³/mol. The standard InChI is InChI=1S/C22H27NO3/c1-14(24)6-7-15-9-16-10-21(25-2)22(26-3)12-18(16)19-11-17-5-4-8-23(17)13-20(15)19/h6-7,9-10,12,14,17,24H,4-5,8,11,13H2,1-3H3/t14-,17?/m0/s1. The summed E-state index contributed by atoms with van der Waals surface area (Å²) in [6, 6.07) is 7.05. The molecule has 2 atom stereocenters. The monoisotopic (exact) mass is 353 g/mol. The number of nitrogens with zero attached hydrogens (tertiary/aromatic N) is 1. The number of hydrogen-bond acceptors (Lipinski definition) is 4. The smallest absolute Gasteiger partial charge is 0.161 e. The molecule has 1 saturated heterocycles. The van der Waals surface area contributed by atoms with Gasteiger partial charge in [-0.05, 0) is 78.4 Å². The first-order valence-corrected chi connectivity index (χ1v) is 9.41. The van der Waals surface area contributed by atoms with Gasteiger partial charge in [0, 0.05) is 12.6 Å². The molecular weight excluding hydrogens is 326 g/mol. The summed E-state index contributed by atoms with van der Waals surface area (Å²) in [7, 11) is 3.36. The number of aliphatic hydroxyl groups excluding tert-OH is 1. The molecule has 0 aromatic heterocycles. The van der Waals surface area contributed by atoms with E-state index in [9.17, 15) is 5.11 Å². The van der Waals surface area contributed by atoms with Crippen LogP contribution in [0.15, 0.2) is 24.3 Å². The van der Waals surface area contributed by atoms with Crippen LogP contribution in [0.5, 0.6) is 11.5 Å². The third-order valence-electron chi connectivity index (χ3n) is 5.76. The molecule has 0 saturated carbocycles. The quantitative estimate of drug-likeness (QED) is 0.908. The van der Waals surface area contributed by atoms with Crippen molar-refractivity contribution in [1.29, 1.82) is 0 Å². The topological polar surface area (TPSA) is 41.9 Å². The molecule has 0 amide bonds. The van der Waals surface area contributed by atoms with Crippen molar-refractivity contribution in [2.45, 2.75) is 44.9 Å². The summed E-state index contributed by atoms with van der Waals surface area (Å²) in [6.45, 7) is 3.96. The Morgan fingerprint density at radius 1 is 1.15 bits per heavy atom. The highest BCUT2D eigenvalue weighted by Crippen LogP contribution is 2.40. The van der Waals surface area contributed by atoms with Crippen LogP contribution in [0.2, 0.25) is 0 Å². The molecule has 2 aliphatic heterocycles. The molecule has 2 aliphatic rings. The van der Waals surface area contributed by atoms with Gasteiger partial charge in [-0.2, -0.15) is 0 Å². The van der Waals surface area contributed by atoms with Crippen molar-refractivity contribution in [2.75, 3.05) is 20.8 Å². The molecule has 2 heterocycles. The van der Waals surface area contributed by atoms with E-state index in [0.717, 1.165) is 29.9 Å². The van der Waals surface area contributed by atoms with Gasteiger partial charge in [0.05, 0.1) is 20.3 Å². The van der Waals surface area contributed by atoms with E-state index in [1.807, 2.05) is 6.08 Å². The fourth-order valence-electron chi connectivity index (χ4n) is 4.45. The molecular formula is C22H27NO3. The molecule has 138 valence electrons. The van der Waals surface area contributed by atoms with Gasteiger partial charge < -0.3 is 14.6 Å². The highest BCUT2D eigenvalue weighted by molar-refractivity contribution is 5.92. The van der Waals surface area contributed by atoms with Gasteiger partial charge in [0.25, 0.3) is 0 Å². The lowest BCUT2D eigenvalue weighted by molar-refractivity contribution is 0.228. The van der Waals surface area contributed by atoms with Crippen LogP contribution in [-0.4, -0.2) is 42.9 Å². The van der Waals surface area contributed by atoms with Crippen LogP contribution in [0.4, 0.5) is 0 Å². The average Bonchev–Trinajstić information content (AvgIpc) is 3.10. The Labute approximate surface area is 155 Å². The lowest BCUT2D eigenvalue weighted by atomic mass is 9.86. The fourth-order valence-corrected chi connectivity index (χ4v) is 4.45. The van der Waals surface area contributed by atoms with Gasteiger partial charge in [-0.1, -0.05) is 12.2 Å². The van der Waals surface area contributed by atoms with Crippen LogP contribution in [0, 0.1) is 0 Å². The summed E-state index contributed by atoms with van der Waals surface area (Å²) in [5, 5.41) is 12.1. The zero-order valence-electron chi connectivity index (χ0n) is 15.8. The van der Waals surface area contributed by atoms with Crippen LogP contribution >= 0.6 is 0 Å². The summed E-state index contributed by atoms with van der Waals surface area (Å²) in [4.78, 5) is 2.61. The summed E-state index contributed by atoms with van der Waals surface area (Å²) < 4.78 is 11.1. The lowest BCUT2D eigenvalue weighted by Gasteiger charge is -2.33. The van der Waals surface area contributed by atoms with Crippen molar-refractivity contribution in [1.82, 2.24) is 4.90 Å². The predicted octanol–water partition coefficient (Wildman–Crippen LogP) is 3.77. The van der Waals surface area contributed by atoms with E-state index in [-0.39, 0.29) is 0 Å². The summed E-state index contributed by atoms with van der Waals surface area (Å²) in [6.07, 6.45) is 7.12. The van der Waals surface area contributed by atoms with E-state index in [1.165, 1.54) is 41.5 Å². The molecule has 1 N–H and O–H groups in total. The maximum absolute atomic E-state index is 9.70. The van der Waals surface area contributed by atoms with Crippen LogP contribution in [-0.2, 0) is 13.0 Å². The molecule has 0 spiro atoms. The molecule has 2 aromatic carbocycles. The number of fused-ring (bicyclic) bond motifs is 4. The highest BCUT2D eigenvalue weighted by atomic mass is 16.5. The lowest BCUT2D eigenvalue weighted by Crippen LogP contribution is -2.35. The Bertz CT molecular complexity index is 856. The minimum atomic E-state index is -0.449. The summed E-state index contributed by atoms with van der Waals surface area (Å²) in [5.74, 6) is 1.53. The van der Waals surface area contributed by atoms with E-state index >= 15 is 0 Å². The first kappa shape index (κ1) is 17.4. The molecule has 1 fully saturated rings. The summed E-state index contributed by atoms with van der Waals surface area (Å²) in [5.41, 5.74) is 4.02. The number of aliphatic hydroxyl groups is 1. The highest BCUT2D eigenvalue weighted by Gasteiger charge is 2.32. The molecule has 0 bridgehead atoms. The van der Waals surface area contributed by atoms with E-state index in [2.05, 4.69) is 29.2 Å². The van der Waals surface area contributed by atoms with E-state index in [4.69, 9.17) is 9.47 Å². The van der Waals surface area contributed by atoms with Gasteiger partial charge in [-0.15, -0.1) is 0 Å². The number of methoxy groups -OCH3 is 2. The van der Waals surface area contributed by atoms with Crippen LogP contribution in [0.1, 0.15) is 36.5 Å². The number of ether oxygens (including phenoxy) is 2. The van der Waals surface area contributed by atoms with Gasteiger partial charge in [0.15, 0.2) is 11.5 Å². The zero-order valence-corrected chi connectivity index (χ0v) is 15.8. The zero-order chi connectivity index (χ0) is 18.3. The first-order valence-electron chi connectivity index (χ1n) is 9.41. The van der Waals surface area contributed by atoms with Gasteiger partial charge in [0.1, 0.15) is 0 Å².